The highest BCUT2D eigenvalue weighted by Crippen LogP contribution is 2.28. The van der Waals surface area contributed by atoms with E-state index in [1.807, 2.05) is 30.6 Å². The number of rotatable bonds is 4. The van der Waals surface area contributed by atoms with E-state index in [2.05, 4.69) is 10.5 Å². The first-order valence-corrected chi connectivity index (χ1v) is 7.68. The van der Waals surface area contributed by atoms with Crippen LogP contribution >= 0.6 is 0 Å². The van der Waals surface area contributed by atoms with Crippen molar-refractivity contribution < 1.29 is 18.0 Å². The predicted octanol–water partition coefficient (Wildman–Crippen LogP) is 4.26. The molecule has 1 N–H and O–H groups in total. The molecule has 0 fully saturated rings. The molecule has 1 amide bonds. The Morgan fingerprint density at radius 3 is 2.27 bits per heavy atom. The number of hydrogen-bond donors (Lipinski definition) is 1. The minimum atomic E-state index is -4.38. The first-order chi connectivity index (χ1) is 12.4. The summed E-state index contributed by atoms with van der Waals surface area (Å²) in [5, 5.41) is 3.82. The van der Waals surface area contributed by atoms with Gasteiger partial charge < -0.3 is 4.57 Å². The van der Waals surface area contributed by atoms with Crippen LogP contribution in [0.3, 0.4) is 0 Å². The molecule has 0 aliphatic rings. The van der Waals surface area contributed by atoms with Gasteiger partial charge in [-0.05, 0) is 42.0 Å². The molecule has 4 nitrogen and oxygen atoms in total. The third-order valence-corrected chi connectivity index (χ3v) is 3.65. The summed E-state index contributed by atoms with van der Waals surface area (Å²) in [4.78, 5) is 12.3. The number of nitrogens with one attached hydrogen (secondary N) is 1. The lowest BCUT2D eigenvalue weighted by Crippen LogP contribution is -2.19. The predicted molar refractivity (Wildman–Crippen MR) is 92.3 cm³/mol. The monoisotopic (exact) mass is 357 g/mol. The van der Waals surface area contributed by atoms with Gasteiger partial charge in [0, 0.05) is 12.4 Å². The van der Waals surface area contributed by atoms with Gasteiger partial charge in [-0.3, -0.25) is 4.79 Å². The van der Waals surface area contributed by atoms with Crippen LogP contribution in [0.1, 0.15) is 21.5 Å². The van der Waals surface area contributed by atoms with E-state index in [9.17, 15) is 18.0 Å². The summed E-state index contributed by atoms with van der Waals surface area (Å²) in [5.74, 6) is -0.419. The van der Waals surface area contributed by atoms with Crippen LogP contribution in [0.25, 0.3) is 5.69 Å². The number of para-hydroxylation sites is 1. The Balaban J connectivity index is 1.71. The highest BCUT2D eigenvalue weighted by Gasteiger charge is 2.29. The maximum Gasteiger partial charge on any atom is 0.416 e. The van der Waals surface area contributed by atoms with Crippen molar-refractivity contribution in [1.82, 2.24) is 9.99 Å². The van der Waals surface area contributed by atoms with E-state index in [0.29, 0.717) is 16.8 Å². The molecule has 26 heavy (non-hydrogen) atoms. The molecule has 0 bridgehead atoms. The molecule has 0 unspecified atom stereocenters. The third kappa shape index (κ3) is 4.00. The van der Waals surface area contributed by atoms with Crippen LogP contribution in [-0.4, -0.2) is 16.7 Å². The van der Waals surface area contributed by atoms with Gasteiger partial charge in [0.05, 0.1) is 23.0 Å². The largest absolute Gasteiger partial charge is 0.416 e. The molecule has 3 aromatic rings. The second-order valence-corrected chi connectivity index (χ2v) is 5.43. The van der Waals surface area contributed by atoms with Gasteiger partial charge >= 0.3 is 6.18 Å². The Kier molecular flexibility index (Phi) is 4.88. The fourth-order valence-corrected chi connectivity index (χ4v) is 2.37. The number of amides is 1. The fraction of sp³-hybridized carbons (Fsp3) is 0.0526. The smallest absolute Gasteiger partial charge is 0.323 e. The Morgan fingerprint density at radius 2 is 1.62 bits per heavy atom. The van der Waals surface area contributed by atoms with Gasteiger partial charge in [-0.1, -0.05) is 24.3 Å². The van der Waals surface area contributed by atoms with E-state index >= 15 is 0 Å². The van der Waals surface area contributed by atoms with E-state index in [1.54, 1.807) is 22.8 Å². The van der Waals surface area contributed by atoms with E-state index in [1.165, 1.54) is 18.3 Å². The zero-order valence-electron chi connectivity index (χ0n) is 13.4. The molecule has 0 atom stereocenters. The third-order valence-electron chi connectivity index (χ3n) is 3.65. The second kappa shape index (κ2) is 7.26. The summed E-state index contributed by atoms with van der Waals surface area (Å²) >= 11 is 0. The molecule has 0 aliphatic carbocycles. The topological polar surface area (TPSA) is 46.4 Å². The highest BCUT2D eigenvalue weighted by atomic mass is 19.4. The van der Waals surface area contributed by atoms with Crippen molar-refractivity contribution in [2.45, 2.75) is 6.18 Å². The number of nitrogens with zero attached hydrogens (tertiary/aromatic N) is 2. The molecular formula is C19H14F3N3O. The minimum Gasteiger partial charge on any atom is -0.323 e. The first-order valence-electron chi connectivity index (χ1n) is 7.68. The number of carbonyl (C=O) groups excluding carboxylic acids is 1. The molecule has 1 aromatic heterocycles. The molecule has 0 saturated heterocycles. The van der Waals surface area contributed by atoms with E-state index in [-0.39, 0.29) is 0 Å². The Labute approximate surface area is 147 Å². The number of carbonyl (C=O) groups is 1. The normalized spacial score (nSPS) is 11.7. The molecule has 1 heterocycles. The molecule has 3 rings (SSSR count). The van der Waals surface area contributed by atoms with Gasteiger partial charge in [0.2, 0.25) is 0 Å². The second-order valence-electron chi connectivity index (χ2n) is 5.43. The van der Waals surface area contributed by atoms with Crippen molar-refractivity contribution in [1.29, 1.82) is 0 Å². The van der Waals surface area contributed by atoms with Crippen LogP contribution < -0.4 is 5.43 Å². The van der Waals surface area contributed by atoms with E-state index in [4.69, 9.17) is 0 Å². The number of alkyl halides is 3. The lowest BCUT2D eigenvalue weighted by Gasteiger charge is -2.09. The zero-order valence-corrected chi connectivity index (χ0v) is 13.4. The van der Waals surface area contributed by atoms with E-state index < -0.39 is 17.6 Å². The van der Waals surface area contributed by atoms with Crippen LogP contribution in [0.15, 0.2) is 78.2 Å². The summed E-state index contributed by atoms with van der Waals surface area (Å²) in [7, 11) is 0. The Bertz CT molecular complexity index is 914. The van der Waals surface area contributed by atoms with Crippen LogP contribution in [0.4, 0.5) is 13.2 Å². The summed E-state index contributed by atoms with van der Waals surface area (Å²) in [6.45, 7) is 0. The minimum absolute atomic E-state index is 0.419. The molecule has 0 aliphatic heterocycles. The SMILES string of the molecule is O=C(NN=Cc1ccc(C(F)(F)F)cc1)c1ccccc1-n1cccc1. The Hall–Kier alpha value is -3.35. The molecule has 0 saturated carbocycles. The lowest BCUT2D eigenvalue weighted by molar-refractivity contribution is -0.137. The van der Waals surface area contributed by atoms with Crippen LogP contribution in [0.2, 0.25) is 0 Å². The van der Waals surface area contributed by atoms with Crippen molar-refractivity contribution in [3.8, 4) is 5.69 Å². The van der Waals surface area contributed by atoms with Crippen LogP contribution in [0, 0.1) is 0 Å². The maximum absolute atomic E-state index is 12.5. The van der Waals surface area contributed by atoms with Gasteiger partial charge in [-0.15, -0.1) is 0 Å². The van der Waals surface area contributed by atoms with Gasteiger partial charge in [0.1, 0.15) is 0 Å². The summed E-state index contributed by atoms with van der Waals surface area (Å²) < 4.78 is 39.4. The van der Waals surface area contributed by atoms with Crippen molar-refractivity contribution in [2.24, 2.45) is 5.10 Å². The van der Waals surface area contributed by atoms with Crippen molar-refractivity contribution in [2.75, 3.05) is 0 Å². The number of halogens is 3. The average Bonchev–Trinajstić information content (AvgIpc) is 3.16. The van der Waals surface area contributed by atoms with Crippen molar-refractivity contribution >= 4 is 12.1 Å². The summed E-state index contributed by atoms with van der Waals surface area (Å²) in [6.07, 6.45) is 0.539. The van der Waals surface area contributed by atoms with Gasteiger partial charge in [-0.2, -0.15) is 18.3 Å². The number of benzene rings is 2. The van der Waals surface area contributed by atoms with Crippen LogP contribution in [-0.2, 0) is 6.18 Å². The van der Waals surface area contributed by atoms with Gasteiger partial charge in [0.25, 0.3) is 5.91 Å². The molecular weight excluding hydrogens is 343 g/mol. The summed E-state index contributed by atoms with van der Waals surface area (Å²) in [6, 6.07) is 15.2. The van der Waals surface area contributed by atoms with Crippen LogP contribution in [0.5, 0.6) is 0 Å². The molecule has 132 valence electrons. The van der Waals surface area contributed by atoms with Crippen molar-refractivity contribution in [3.05, 3.63) is 89.7 Å². The maximum atomic E-state index is 12.5. The number of hydrogen-bond acceptors (Lipinski definition) is 2. The van der Waals surface area contributed by atoms with Gasteiger partial charge in [0.15, 0.2) is 0 Å². The molecule has 2 aromatic carbocycles. The highest BCUT2D eigenvalue weighted by molar-refractivity contribution is 5.98. The quantitative estimate of drug-likeness (QED) is 0.550. The fourth-order valence-electron chi connectivity index (χ4n) is 2.37. The zero-order chi connectivity index (χ0) is 18.6. The average molecular weight is 357 g/mol. The molecule has 7 heteroatoms. The Morgan fingerprint density at radius 1 is 0.962 bits per heavy atom. The number of hydrazone groups is 1. The summed E-state index contributed by atoms with van der Waals surface area (Å²) in [5.41, 5.74) is 3.21. The molecule has 0 radical (unpaired) electrons. The standard InChI is InChI=1S/C19H14F3N3O/c20-19(21,22)15-9-7-14(8-10-15)13-23-24-18(26)16-5-1-2-6-17(16)25-11-3-4-12-25/h1-13H,(H,24,26). The van der Waals surface area contributed by atoms with Gasteiger partial charge in [-0.25, -0.2) is 5.43 Å². The first kappa shape index (κ1) is 17.5. The number of aromatic nitrogens is 1. The molecule has 0 spiro atoms. The van der Waals surface area contributed by atoms with Crippen molar-refractivity contribution in [3.63, 3.8) is 0 Å². The lowest BCUT2D eigenvalue weighted by atomic mass is 10.1. The van der Waals surface area contributed by atoms with E-state index in [0.717, 1.165) is 12.1 Å².